The fraction of sp³-hybridized carbons (Fsp3) is 0.474. The Hall–Kier alpha value is -2.10. The van der Waals surface area contributed by atoms with Crippen molar-refractivity contribution in [1.82, 2.24) is 0 Å². The van der Waals surface area contributed by atoms with Crippen LogP contribution in [0.4, 0.5) is 5.69 Å². The number of amides is 1. The molecule has 0 radical (unpaired) electrons. The molecule has 1 aliphatic carbocycles. The molecule has 2 rings (SSSR count). The maximum absolute atomic E-state index is 12.1. The molecule has 1 aliphatic rings. The standard InChI is InChI=1S/C19H25NO3/c1-13(2)16-10-6-7-14(3)19(16)20-17(21)12-23-18(22)11-15-8-4-5-9-15/h4,6-8,10,13,15H,5,9,11-12H2,1-3H3,(H,20,21)/t15-/m1/s1. The molecule has 0 saturated heterocycles. The van der Waals surface area contributed by atoms with Crippen molar-refractivity contribution >= 4 is 17.6 Å². The molecule has 1 aromatic rings. The maximum atomic E-state index is 12.1. The van der Waals surface area contributed by atoms with Crippen LogP contribution in [-0.2, 0) is 14.3 Å². The smallest absolute Gasteiger partial charge is 0.306 e. The Labute approximate surface area is 137 Å². The van der Waals surface area contributed by atoms with Gasteiger partial charge < -0.3 is 10.1 Å². The normalized spacial score (nSPS) is 16.6. The first-order chi connectivity index (χ1) is 11.0. The van der Waals surface area contributed by atoms with Crippen LogP contribution < -0.4 is 5.32 Å². The quantitative estimate of drug-likeness (QED) is 0.638. The first-order valence-electron chi connectivity index (χ1n) is 8.19. The maximum Gasteiger partial charge on any atom is 0.306 e. The molecule has 0 fully saturated rings. The minimum atomic E-state index is -0.314. The van der Waals surface area contributed by atoms with E-state index in [4.69, 9.17) is 4.74 Å². The number of aryl methyl sites for hydroxylation is 1. The van der Waals surface area contributed by atoms with Crippen LogP contribution in [0.3, 0.4) is 0 Å². The number of hydrogen-bond donors (Lipinski definition) is 1. The Bertz CT molecular complexity index is 605. The van der Waals surface area contributed by atoms with Gasteiger partial charge in [-0.3, -0.25) is 9.59 Å². The van der Waals surface area contributed by atoms with E-state index in [0.29, 0.717) is 12.3 Å². The Morgan fingerprint density at radius 1 is 1.35 bits per heavy atom. The van der Waals surface area contributed by atoms with Crippen LogP contribution in [0, 0.1) is 12.8 Å². The van der Waals surface area contributed by atoms with Crippen molar-refractivity contribution in [2.24, 2.45) is 5.92 Å². The molecule has 0 aliphatic heterocycles. The number of carbonyl (C=O) groups is 2. The van der Waals surface area contributed by atoms with Gasteiger partial charge in [0.05, 0.1) is 6.42 Å². The number of esters is 1. The van der Waals surface area contributed by atoms with Gasteiger partial charge in [-0.15, -0.1) is 0 Å². The van der Waals surface area contributed by atoms with E-state index in [-0.39, 0.29) is 24.4 Å². The van der Waals surface area contributed by atoms with Crippen LogP contribution in [0.25, 0.3) is 0 Å². The minimum Gasteiger partial charge on any atom is -0.456 e. The third-order valence-electron chi connectivity index (χ3n) is 4.10. The molecule has 23 heavy (non-hydrogen) atoms. The number of rotatable bonds is 6. The number of benzene rings is 1. The molecule has 0 bridgehead atoms. The lowest BCUT2D eigenvalue weighted by atomic mass is 9.98. The molecule has 0 spiro atoms. The Balaban J connectivity index is 1.87. The van der Waals surface area contributed by atoms with Gasteiger partial charge in [0.2, 0.25) is 0 Å². The molecule has 4 nitrogen and oxygen atoms in total. The lowest BCUT2D eigenvalue weighted by Crippen LogP contribution is -2.22. The highest BCUT2D eigenvalue weighted by atomic mass is 16.5. The summed E-state index contributed by atoms with van der Waals surface area (Å²) in [5.41, 5.74) is 2.91. The van der Waals surface area contributed by atoms with Gasteiger partial charge >= 0.3 is 5.97 Å². The zero-order valence-electron chi connectivity index (χ0n) is 14.1. The van der Waals surface area contributed by atoms with Crippen molar-refractivity contribution in [2.75, 3.05) is 11.9 Å². The van der Waals surface area contributed by atoms with Crippen LogP contribution in [0.2, 0.25) is 0 Å². The Morgan fingerprint density at radius 3 is 2.78 bits per heavy atom. The van der Waals surface area contributed by atoms with E-state index in [1.807, 2.05) is 31.2 Å². The zero-order valence-corrected chi connectivity index (χ0v) is 14.1. The third-order valence-corrected chi connectivity index (χ3v) is 4.10. The molecule has 124 valence electrons. The van der Waals surface area contributed by atoms with Gasteiger partial charge in [0.25, 0.3) is 5.91 Å². The van der Waals surface area contributed by atoms with Crippen molar-refractivity contribution in [3.05, 3.63) is 41.5 Å². The second kappa shape index (κ2) is 7.95. The van der Waals surface area contributed by atoms with E-state index in [1.54, 1.807) is 0 Å². The van der Waals surface area contributed by atoms with E-state index in [1.165, 1.54) is 0 Å². The molecule has 1 N–H and O–H groups in total. The summed E-state index contributed by atoms with van der Waals surface area (Å²) in [6.07, 6.45) is 6.48. The summed E-state index contributed by atoms with van der Waals surface area (Å²) < 4.78 is 5.09. The van der Waals surface area contributed by atoms with E-state index in [0.717, 1.165) is 29.7 Å². The fourth-order valence-electron chi connectivity index (χ4n) is 2.80. The first kappa shape index (κ1) is 17.3. The SMILES string of the molecule is Cc1cccc(C(C)C)c1NC(=O)COC(=O)C[C@@H]1C=CCC1. The highest BCUT2D eigenvalue weighted by Gasteiger charge is 2.17. The highest BCUT2D eigenvalue weighted by Crippen LogP contribution is 2.27. The number of para-hydroxylation sites is 1. The number of carbonyl (C=O) groups excluding carboxylic acids is 2. The van der Waals surface area contributed by atoms with E-state index in [9.17, 15) is 9.59 Å². The molecule has 4 heteroatoms. The van der Waals surface area contributed by atoms with Crippen LogP contribution in [0.5, 0.6) is 0 Å². The average Bonchev–Trinajstić information content (AvgIpc) is 3.00. The van der Waals surface area contributed by atoms with Crippen molar-refractivity contribution in [1.29, 1.82) is 0 Å². The zero-order chi connectivity index (χ0) is 16.8. The molecular weight excluding hydrogens is 290 g/mol. The van der Waals surface area contributed by atoms with E-state index >= 15 is 0 Å². The van der Waals surface area contributed by atoms with Gasteiger partial charge in [0.15, 0.2) is 6.61 Å². The predicted octanol–water partition coefficient (Wildman–Crippen LogP) is 3.96. The van der Waals surface area contributed by atoms with Crippen LogP contribution >= 0.6 is 0 Å². The summed E-state index contributed by atoms with van der Waals surface area (Å²) in [7, 11) is 0. The summed E-state index contributed by atoms with van der Waals surface area (Å²) in [5.74, 6) is -0.0431. The lowest BCUT2D eigenvalue weighted by molar-refractivity contribution is -0.147. The molecule has 1 atom stereocenters. The lowest BCUT2D eigenvalue weighted by Gasteiger charge is -2.16. The number of anilines is 1. The fourth-order valence-corrected chi connectivity index (χ4v) is 2.80. The second-order valence-corrected chi connectivity index (χ2v) is 6.37. The molecule has 0 unspecified atom stereocenters. The number of ether oxygens (including phenoxy) is 1. The van der Waals surface area contributed by atoms with E-state index < -0.39 is 0 Å². The molecule has 1 amide bonds. The van der Waals surface area contributed by atoms with Gasteiger partial charge in [0, 0.05) is 5.69 Å². The largest absolute Gasteiger partial charge is 0.456 e. The van der Waals surface area contributed by atoms with Gasteiger partial charge in [-0.25, -0.2) is 0 Å². The van der Waals surface area contributed by atoms with Crippen molar-refractivity contribution in [3.8, 4) is 0 Å². The Kier molecular flexibility index (Phi) is 5.97. The first-order valence-corrected chi connectivity index (χ1v) is 8.19. The van der Waals surface area contributed by atoms with E-state index in [2.05, 4.69) is 25.2 Å². The number of hydrogen-bond acceptors (Lipinski definition) is 3. The minimum absolute atomic E-state index is 0.235. The van der Waals surface area contributed by atoms with Gasteiger partial charge in [-0.2, -0.15) is 0 Å². The predicted molar refractivity (Wildman–Crippen MR) is 91.3 cm³/mol. The summed E-state index contributed by atoms with van der Waals surface area (Å²) in [4.78, 5) is 23.8. The molecule has 0 saturated carbocycles. The van der Waals surface area contributed by atoms with Crippen LogP contribution in [0.15, 0.2) is 30.4 Å². The molecule has 1 aromatic carbocycles. The van der Waals surface area contributed by atoms with Gasteiger partial charge in [-0.05, 0) is 42.7 Å². The summed E-state index contributed by atoms with van der Waals surface area (Å²) >= 11 is 0. The molecule has 0 aromatic heterocycles. The molecular formula is C19H25NO3. The summed E-state index contributed by atoms with van der Waals surface area (Å²) in [6, 6.07) is 5.95. The summed E-state index contributed by atoms with van der Waals surface area (Å²) in [6.45, 7) is 5.89. The monoisotopic (exact) mass is 315 g/mol. The third kappa shape index (κ3) is 4.95. The summed E-state index contributed by atoms with van der Waals surface area (Å²) in [5, 5.41) is 2.88. The van der Waals surface area contributed by atoms with Crippen LogP contribution in [-0.4, -0.2) is 18.5 Å². The Morgan fingerprint density at radius 2 is 2.13 bits per heavy atom. The number of nitrogens with one attached hydrogen (secondary N) is 1. The van der Waals surface area contributed by atoms with Crippen molar-refractivity contribution in [2.45, 2.75) is 46.0 Å². The van der Waals surface area contributed by atoms with Crippen LogP contribution in [0.1, 0.15) is 50.2 Å². The highest BCUT2D eigenvalue weighted by molar-refractivity contribution is 5.94. The number of allylic oxidation sites excluding steroid dienone is 2. The molecule has 0 heterocycles. The van der Waals surface area contributed by atoms with Crippen molar-refractivity contribution in [3.63, 3.8) is 0 Å². The van der Waals surface area contributed by atoms with Crippen molar-refractivity contribution < 1.29 is 14.3 Å². The second-order valence-electron chi connectivity index (χ2n) is 6.37. The average molecular weight is 315 g/mol. The topological polar surface area (TPSA) is 55.4 Å². The van der Waals surface area contributed by atoms with Gasteiger partial charge in [-0.1, -0.05) is 44.2 Å². The van der Waals surface area contributed by atoms with Gasteiger partial charge in [0.1, 0.15) is 0 Å².